The zero-order valence-corrected chi connectivity index (χ0v) is 9.46. The first-order chi connectivity index (χ1) is 7.52. The van der Waals surface area contributed by atoms with Crippen LogP contribution in [0.25, 0.3) is 0 Å². The van der Waals surface area contributed by atoms with Gasteiger partial charge in [0.2, 0.25) is 0 Å². The molecule has 4 heteroatoms. The summed E-state index contributed by atoms with van der Waals surface area (Å²) in [5.41, 5.74) is 6.36. The molecule has 0 saturated carbocycles. The molecule has 16 heavy (non-hydrogen) atoms. The van der Waals surface area contributed by atoms with Gasteiger partial charge in [-0.15, -0.1) is 0 Å². The van der Waals surface area contributed by atoms with Gasteiger partial charge in [0.1, 0.15) is 12.1 Å². The highest BCUT2D eigenvalue weighted by molar-refractivity contribution is 5.76. The number of carbonyl (C=O) groups is 1. The molecule has 0 aliphatic heterocycles. The molecule has 4 nitrogen and oxygen atoms in total. The molecule has 0 spiro atoms. The fourth-order valence-corrected chi connectivity index (χ4v) is 1.24. The number of hydrogen-bond donors (Lipinski definition) is 2. The second-order valence-corrected chi connectivity index (χ2v) is 3.76. The predicted octanol–water partition coefficient (Wildman–Crippen LogP) is 0.999. The fraction of sp³-hybridized carbons (Fsp3) is 0.417. The number of nitrogens with two attached hydrogens (primary N) is 1. The maximum atomic E-state index is 11.5. The minimum absolute atomic E-state index is 0.363. The van der Waals surface area contributed by atoms with Gasteiger partial charge in [-0.05, 0) is 19.4 Å². The van der Waals surface area contributed by atoms with Crippen LogP contribution >= 0.6 is 0 Å². The van der Waals surface area contributed by atoms with Crippen molar-refractivity contribution in [2.24, 2.45) is 5.73 Å². The predicted molar refractivity (Wildman–Crippen MR) is 60.6 cm³/mol. The van der Waals surface area contributed by atoms with E-state index in [1.807, 2.05) is 30.3 Å². The van der Waals surface area contributed by atoms with Gasteiger partial charge >= 0.3 is 5.97 Å². The highest BCUT2D eigenvalue weighted by Gasteiger charge is 2.22. The van der Waals surface area contributed by atoms with Crippen LogP contribution < -0.4 is 5.73 Å². The Hall–Kier alpha value is -1.39. The molecule has 3 N–H and O–H groups in total. The van der Waals surface area contributed by atoms with Gasteiger partial charge in [-0.2, -0.15) is 0 Å². The summed E-state index contributed by atoms with van der Waals surface area (Å²) in [5, 5.41) is 9.15. The van der Waals surface area contributed by atoms with Crippen molar-refractivity contribution in [2.45, 2.75) is 32.1 Å². The molecule has 0 aliphatic rings. The SMILES string of the molecule is CC(OC(=O)[C@@H](N)[C@@H](C)O)c1ccccc1. The van der Waals surface area contributed by atoms with Crippen molar-refractivity contribution in [2.75, 3.05) is 0 Å². The van der Waals surface area contributed by atoms with E-state index < -0.39 is 18.1 Å². The lowest BCUT2D eigenvalue weighted by Gasteiger charge is -2.18. The monoisotopic (exact) mass is 223 g/mol. The van der Waals surface area contributed by atoms with E-state index in [4.69, 9.17) is 15.6 Å². The molecule has 0 amide bonds. The average Bonchev–Trinajstić information content (AvgIpc) is 2.28. The Morgan fingerprint density at radius 1 is 1.31 bits per heavy atom. The Morgan fingerprint density at radius 3 is 2.38 bits per heavy atom. The summed E-state index contributed by atoms with van der Waals surface area (Å²) in [4.78, 5) is 11.5. The number of carbonyl (C=O) groups excluding carboxylic acids is 1. The molecule has 3 atom stereocenters. The maximum Gasteiger partial charge on any atom is 0.326 e. The Balaban J connectivity index is 2.58. The third-order valence-corrected chi connectivity index (χ3v) is 2.35. The number of aliphatic hydroxyl groups excluding tert-OH is 1. The van der Waals surface area contributed by atoms with Crippen molar-refractivity contribution in [3.63, 3.8) is 0 Å². The Kier molecular flexibility index (Phi) is 4.46. The highest BCUT2D eigenvalue weighted by Crippen LogP contribution is 2.16. The van der Waals surface area contributed by atoms with E-state index in [0.717, 1.165) is 5.56 Å². The third-order valence-electron chi connectivity index (χ3n) is 2.35. The van der Waals surface area contributed by atoms with Crippen LogP contribution in [0.2, 0.25) is 0 Å². The van der Waals surface area contributed by atoms with Crippen LogP contribution in [0.1, 0.15) is 25.5 Å². The minimum atomic E-state index is -0.994. The van der Waals surface area contributed by atoms with Crippen molar-refractivity contribution in [3.05, 3.63) is 35.9 Å². The van der Waals surface area contributed by atoms with Crippen LogP contribution in [0.3, 0.4) is 0 Å². The van der Waals surface area contributed by atoms with Crippen LogP contribution in [0.5, 0.6) is 0 Å². The van der Waals surface area contributed by atoms with E-state index in [9.17, 15) is 4.79 Å². The highest BCUT2D eigenvalue weighted by atomic mass is 16.5. The lowest BCUT2D eigenvalue weighted by molar-refractivity contribution is -0.152. The molecule has 0 saturated heterocycles. The number of esters is 1. The molecule has 1 rings (SSSR count). The zero-order chi connectivity index (χ0) is 12.1. The van der Waals surface area contributed by atoms with Crippen LogP contribution in [0.15, 0.2) is 30.3 Å². The second kappa shape index (κ2) is 5.63. The smallest absolute Gasteiger partial charge is 0.326 e. The Bertz CT molecular complexity index is 337. The first kappa shape index (κ1) is 12.7. The topological polar surface area (TPSA) is 72.5 Å². The molecule has 0 radical (unpaired) electrons. The van der Waals surface area contributed by atoms with Crippen molar-refractivity contribution in [1.82, 2.24) is 0 Å². The summed E-state index contributed by atoms with van der Waals surface area (Å²) < 4.78 is 5.14. The van der Waals surface area contributed by atoms with Crippen molar-refractivity contribution in [3.8, 4) is 0 Å². The molecular formula is C12H17NO3. The van der Waals surface area contributed by atoms with Gasteiger partial charge in [0, 0.05) is 0 Å². The van der Waals surface area contributed by atoms with Crippen LogP contribution in [0.4, 0.5) is 0 Å². The standard InChI is InChI=1S/C12H17NO3/c1-8(14)11(13)12(15)16-9(2)10-6-4-3-5-7-10/h3-9,11,14H,13H2,1-2H3/t8-,9?,11+/m1/s1. The van der Waals surface area contributed by atoms with Gasteiger partial charge in [-0.25, -0.2) is 0 Å². The van der Waals surface area contributed by atoms with Crippen LogP contribution in [-0.4, -0.2) is 23.2 Å². The van der Waals surface area contributed by atoms with Crippen molar-refractivity contribution < 1.29 is 14.6 Å². The summed E-state index contributed by atoms with van der Waals surface area (Å²) in [6.45, 7) is 3.22. The molecular weight excluding hydrogens is 206 g/mol. The van der Waals surface area contributed by atoms with E-state index in [2.05, 4.69) is 0 Å². The molecule has 0 bridgehead atoms. The van der Waals surface area contributed by atoms with Gasteiger partial charge in [0.25, 0.3) is 0 Å². The van der Waals surface area contributed by atoms with Gasteiger partial charge in [-0.1, -0.05) is 30.3 Å². The number of ether oxygens (including phenoxy) is 1. The molecule has 1 unspecified atom stereocenters. The number of rotatable bonds is 4. The molecule has 88 valence electrons. The summed E-state index contributed by atoms with van der Waals surface area (Å²) in [6, 6.07) is 8.37. The molecule has 0 fully saturated rings. The normalized spacial score (nSPS) is 16.2. The second-order valence-electron chi connectivity index (χ2n) is 3.76. The largest absolute Gasteiger partial charge is 0.457 e. The van der Waals surface area contributed by atoms with Gasteiger partial charge in [0.15, 0.2) is 0 Å². The molecule has 0 aromatic heterocycles. The van der Waals surface area contributed by atoms with E-state index in [0.29, 0.717) is 0 Å². The lowest BCUT2D eigenvalue weighted by atomic mass is 10.1. The molecule has 0 aliphatic carbocycles. The van der Waals surface area contributed by atoms with E-state index in [1.165, 1.54) is 6.92 Å². The van der Waals surface area contributed by atoms with E-state index >= 15 is 0 Å². The maximum absolute atomic E-state index is 11.5. The lowest BCUT2D eigenvalue weighted by Crippen LogP contribution is -2.41. The quantitative estimate of drug-likeness (QED) is 0.747. The van der Waals surface area contributed by atoms with Crippen LogP contribution in [0, 0.1) is 0 Å². The zero-order valence-electron chi connectivity index (χ0n) is 9.46. The summed E-state index contributed by atoms with van der Waals surface area (Å²) in [5.74, 6) is -0.591. The van der Waals surface area contributed by atoms with Crippen molar-refractivity contribution in [1.29, 1.82) is 0 Å². The van der Waals surface area contributed by atoms with Crippen LogP contribution in [-0.2, 0) is 9.53 Å². The fourth-order valence-electron chi connectivity index (χ4n) is 1.24. The minimum Gasteiger partial charge on any atom is -0.457 e. The number of benzene rings is 1. The number of aliphatic hydroxyl groups is 1. The van der Waals surface area contributed by atoms with Gasteiger partial charge in [-0.3, -0.25) is 4.79 Å². The van der Waals surface area contributed by atoms with E-state index in [-0.39, 0.29) is 6.10 Å². The third kappa shape index (κ3) is 3.32. The molecule has 0 heterocycles. The summed E-state index contributed by atoms with van der Waals surface area (Å²) >= 11 is 0. The van der Waals surface area contributed by atoms with Gasteiger partial charge in [0.05, 0.1) is 6.10 Å². The summed E-state index contributed by atoms with van der Waals surface area (Å²) in [7, 11) is 0. The molecule has 1 aromatic rings. The van der Waals surface area contributed by atoms with E-state index in [1.54, 1.807) is 6.92 Å². The Labute approximate surface area is 95.0 Å². The number of hydrogen-bond acceptors (Lipinski definition) is 4. The summed E-state index contributed by atoms with van der Waals surface area (Å²) in [6.07, 6.45) is -1.27. The average molecular weight is 223 g/mol. The van der Waals surface area contributed by atoms with Gasteiger partial charge < -0.3 is 15.6 Å². The first-order valence-electron chi connectivity index (χ1n) is 5.21. The molecule has 1 aromatic carbocycles. The first-order valence-corrected chi connectivity index (χ1v) is 5.21. The Morgan fingerprint density at radius 2 is 1.88 bits per heavy atom. The van der Waals surface area contributed by atoms with Crippen molar-refractivity contribution >= 4 is 5.97 Å².